The number of hydrogen-bond acceptors (Lipinski definition) is 2. The van der Waals surface area contributed by atoms with E-state index in [1.165, 1.54) is 4.90 Å². The Balaban J connectivity index is 2.47. The maximum absolute atomic E-state index is 12.1. The Labute approximate surface area is 119 Å². The first-order chi connectivity index (χ1) is 9.54. The Hall–Kier alpha value is -2.13. The highest BCUT2D eigenvalue weighted by Crippen LogP contribution is 2.33. The number of carbonyl (C=O) groups excluding carboxylic acids is 1. The highest BCUT2D eigenvalue weighted by molar-refractivity contribution is 5.77. The monoisotopic (exact) mass is 269 g/mol. The lowest BCUT2D eigenvalue weighted by Gasteiger charge is -2.30. The lowest BCUT2D eigenvalue weighted by Crippen LogP contribution is -2.35. The molecule has 2 rings (SSSR count). The number of hydrogen-bond donors (Lipinski definition) is 1. The van der Waals surface area contributed by atoms with Crippen molar-refractivity contribution in [3.63, 3.8) is 0 Å². The van der Waals surface area contributed by atoms with Crippen LogP contribution in [-0.2, 0) is 10.4 Å². The molecule has 20 heavy (non-hydrogen) atoms. The first-order valence-electron chi connectivity index (χ1n) is 6.57. The summed E-state index contributed by atoms with van der Waals surface area (Å²) in [7, 11) is 3.39. The van der Waals surface area contributed by atoms with Crippen molar-refractivity contribution >= 4 is 5.91 Å². The van der Waals surface area contributed by atoms with Crippen molar-refractivity contribution in [1.29, 1.82) is 0 Å². The molecule has 0 spiro atoms. The molecular weight excluding hydrogens is 250 g/mol. The quantitative estimate of drug-likeness (QED) is 0.926. The Bertz CT molecular complexity index is 525. The molecule has 0 bridgehead atoms. The highest BCUT2D eigenvalue weighted by Gasteiger charge is 2.34. The smallest absolute Gasteiger partial charge is 0.225 e. The van der Waals surface area contributed by atoms with Gasteiger partial charge in [-0.3, -0.25) is 4.79 Å². The number of nitrogens with zero attached hydrogens (tertiary/aromatic N) is 1. The largest absolute Gasteiger partial charge is 0.380 e. The van der Waals surface area contributed by atoms with Crippen molar-refractivity contribution < 1.29 is 9.90 Å². The average Bonchev–Trinajstić information content (AvgIpc) is 2.48. The zero-order valence-electron chi connectivity index (χ0n) is 11.8. The summed E-state index contributed by atoms with van der Waals surface area (Å²) >= 11 is 0. The molecular formula is C17H19NO2. The Kier molecular flexibility index (Phi) is 4.20. The van der Waals surface area contributed by atoms with Gasteiger partial charge in [-0.05, 0) is 11.1 Å². The van der Waals surface area contributed by atoms with Crippen molar-refractivity contribution in [2.24, 2.45) is 0 Å². The molecule has 0 heterocycles. The van der Waals surface area contributed by atoms with Crippen LogP contribution in [0.4, 0.5) is 0 Å². The fraction of sp³-hybridized carbons (Fsp3) is 0.235. The molecule has 0 atom stereocenters. The third-order valence-electron chi connectivity index (χ3n) is 3.41. The van der Waals surface area contributed by atoms with Crippen LogP contribution in [0.25, 0.3) is 0 Å². The topological polar surface area (TPSA) is 40.5 Å². The van der Waals surface area contributed by atoms with Crippen LogP contribution in [0.1, 0.15) is 17.5 Å². The van der Waals surface area contributed by atoms with Crippen molar-refractivity contribution in [1.82, 2.24) is 4.90 Å². The van der Waals surface area contributed by atoms with Crippen LogP contribution in [0, 0.1) is 0 Å². The summed E-state index contributed by atoms with van der Waals surface area (Å²) in [5.74, 6) is -0.111. The zero-order valence-corrected chi connectivity index (χ0v) is 11.8. The van der Waals surface area contributed by atoms with E-state index in [2.05, 4.69) is 0 Å². The minimum atomic E-state index is -1.30. The van der Waals surface area contributed by atoms with E-state index in [4.69, 9.17) is 0 Å². The Morgan fingerprint density at radius 3 is 1.70 bits per heavy atom. The van der Waals surface area contributed by atoms with Gasteiger partial charge in [-0.25, -0.2) is 0 Å². The summed E-state index contributed by atoms with van der Waals surface area (Å²) in [6.07, 6.45) is 0.0219. The second-order valence-electron chi connectivity index (χ2n) is 5.06. The van der Waals surface area contributed by atoms with Crippen LogP contribution in [0.15, 0.2) is 60.7 Å². The van der Waals surface area contributed by atoms with Crippen LogP contribution >= 0.6 is 0 Å². The van der Waals surface area contributed by atoms with Gasteiger partial charge in [0.2, 0.25) is 5.91 Å². The fourth-order valence-electron chi connectivity index (χ4n) is 2.18. The van der Waals surface area contributed by atoms with E-state index in [0.29, 0.717) is 0 Å². The molecule has 1 amide bonds. The second-order valence-corrected chi connectivity index (χ2v) is 5.06. The molecule has 0 aromatic heterocycles. The van der Waals surface area contributed by atoms with Gasteiger partial charge in [-0.15, -0.1) is 0 Å². The third-order valence-corrected chi connectivity index (χ3v) is 3.41. The summed E-state index contributed by atoms with van der Waals surface area (Å²) in [5, 5.41) is 11.1. The van der Waals surface area contributed by atoms with Gasteiger partial charge in [0.15, 0.2) is 0 Å². The molecule has 104 valence electrons. The lowest BCUT2D eigenvalue weighted by atomic mass is 9.83. The van der Waals surface area contributed by atoms with Gasteiger partial charge in [0.25, 0.3) is 0 Å². The standard InChI is InChI=1S/C17H19NO2/c1-18(2)16(19)13-17(20,14-9-5-3-6-10-14)15-11-7-4-8-12-15/h3-12,20H,13H2,1-2H3. The van der Waals surface area contributed by atoms with Gasteiger partial charge in [0, 0.05) is 14.1 Å². The van der Waals surface area contributed by atoms with Crippen molar-refractivity contribution in [3.05, 3.63) is 71.8 Å². The van der Waals surface area contributed by atoms with Gasteiger partial charge in [-0.2, -0.15) is 0 Å². The van der Waals surface area contributed by atoms with E-state index < -0.39 is 5.60 Å². The van der Waals surface area contributed by atoms with E-state index >= 15 is 0 Å². The second kappa shape index (κ2) is 5.88. The minimum absolute atomic E-state index is 0.0219. The van der Waals surface area contributed by atoms with Crippen molar-refractivity contribution in [2.45, 2.75) is 12.0 Å². The average molecular weight is 269 g/mol. The van der Waals surface area contributed by atoms with Crippen LogP contribution in [0.3, 0.4) is 0 Å². The predicted molar refractivity (Wildman–Crippen MR) is 79.2 cm³/mol. The minimum Gasteiger partial charge on any atom is -0.380 e. The highest BCUT2D eigenvalue weighted by atomic mass is 16.3. The summed E-state index contributed by atoms with van der Waals surface area (Å²) < 4.78 is 0. The summed E-state index contributed by atoms with van der Waals surface area (Å²) in [6.45, 7) is 0. The summed E-state index contributed by atoms with van der Waals surface area (Å²) in [6, 6.07) is 18.6. The maximum Gasteiger partial charge on any atom is 0.225 e. The van der Waals surface area contributed by atoms with Crippen molar-refractivity contribution in [2.75, 3.05) is 14.1 Å². The lowest BCUT2D eigenvalue weighted by molar-refractivity contribution is -0.132. The molecule has 0 aliphatic rings. The van der Waals surface area contributed by atoms with E-state index in [0.717, 1.165) is 11.1 Å². The molecule has 3 heteroatoms. The van der Waals surface area contributed by atoms with E-state index in [1.807, 2.05) is 60.7 Å². The number of benzene rings is 2. The normalized spacial score (nSPS) is 11.2. The zero-order chi connectivity index (χ0) is 14.6. The summed E-state index contributed by atoms with van der Waals surface area (Å²) in [4.78, 5) is 13.6. The molecule has 0 aliphatic carbocycles. The molecule has 2 aromatic carbocycles. The summed E-state index contributed by atoms with van der Waals surface area (Å²) in [5.41, 5.74) is 0.145. The molecule has 0 aliphatic heterocycles. The van der Waals surface area contributed by atoms with E-state index in [-0.39, 0.29) is 12.3 Å². The predicted octanol–water partition coefficient (Wildman–Crippen LogP) is 2.40. The third kappa shape index (κ3) is 2.89. The van der Waals surface area contributed by atoms with Crippen LogP contribution in [0.2, 0.25) is 0 Å². The molecule has 3 nitrogen and oxygen atoms in total. The molecule has 0 radical (unpaired) electrons. The van der Waals surface area contributed by atoms with Crippen LogP contribution in [0.5, 0.6) is 0 Å². The van der Waals surface area contributed by atoms with Gasteiger partial charge in [-0.1, -0.05) is 60.7 Å². The van der Waals surface area contributed by atoms with Gasteiger partial charge >= 0.3 is 0 Å². The number of amides is 1. The van der Waals surface area contributed by atoms with Gasteiger partial charge < -0.3 is 10.0 Å². The molecule has 2 aromatic rings. The Morgan fingerprint density at radius 2 is 1.35 bits per heavy atom. The molecule has 0 fully saturated rings. The van der Waals surface area contributed by atoms with Gasteiger partial charge in [0.05, 0.1) is 6.42 Å². The molecule has 1 N–H and O–H groups in total. The maximum atomic E-state index is 12.1. The number of carbonyl (C=O) groups is 1. The van der Waals surface area contributed by atoms with Crippen molar-refractivity contribution in [3.8, 4) is 0 Å². The molecule has 0 saturated carbocycles. The SMILES string of the molecule is CN(C)C(=O)CC(O)(c1ccccc1)c1ccccc1. The fourth-order valence-corrected chi connectivity index (χ4v) is 2.18. The van der Waals surface area contributed by atoms with E-state index in [1.54, 1.807) is 14.1 Å². The number of aliphatic hydroxyl groups is 1. The number of rotatable bonds is 4. The van der Waals surface area contributed by atoms with Crippen LogP contribution in [-0.4, -0.2) is 30.0 Å². The Morgan fingerprint density at radius 1 is 0.950 bits per heavy atom. The van der Waals surface area contributed by atoms with Crippen LogP contribution < -0.4 is 0 Å². The molecule has 0 unspecified atom stereocenters. The van der Waals surface area contributed by atoms with Gasteiger partial charge in [0.1, 0.15) is 5.60 Å². The first kappa shape index (κ1) is 14.3. The van der Waals surface area contributed by atoms with E-state index in [9.17, 15) is 9.90 Å². The molecule has 0 saturated heterocycles. The first-order valence-corrected chi connectivity index (χ1v) is 6.57.